The van der Waals surface area contributed by atoms with Crippen LogP contribution in [0.4, 0.5) is 0 Å². The summed E-state index contributed by atoms with van der Waals surface area (Å²) in [5, 5.41) is 33.4. The lowest BCUT2D eigenvalue weighted by Gasteiger charge is -2.09. The minimum atomic E-state index is -0.0591. The van der Waals surface area contributed by atoms with Crippen molar-refractivity contribution < 1.29 is 15.5 Å². The number of rotatable bonds is 2. The van der Waals surface area contributed by atoms with Crippen molar-refractivity contribution in [2.24, 2.45) is 10.3 Å². The van der Waals surface area contributed by atoms with Crippen LogP contribution in [0.5, 0.6) is 5.75 Å². The van der Waals surface area contributed by atoms with E-state index < -0.39 is 0 Å². The highest BCUT2D eigenvalue weighted by molar-refractivity contribution is 6.07. The number of nitrogens with zero attached hydrogens (tertiary/aromatic N) is 2. The van der Waals surface area contributed by atoms with Gasteiger partial charge in [-0.3, -0.25) is 0 Å². The maximum absolute atomic E-state index is 9.93. The summed E-state index contributed by atoms with van der Waals surface area (Å²) < 4.78 is 0. The second kappa shape index (κ2) is 4.65. The molecule has 0 fully saturated rings. The number of aryl methyl sites for hydroxylation is 1. The molecule has 0 aliphatic heterocycles. The fourth-order valence-electron chi connectivity index (χ4n) is 1.44. The van der Waals surface area contributed by atoms with E-state index in [0.29, 0.717) is 22.6 Å². The van der Waals surface area contributed by atoms with Crippen LogP contribution in [0.1, 0.15) is 30.5 Å². The lowest BCUT2D eigenvalue weighted by molar-refractivity contribution is 0.318. The summed E-state index contributed by atoms with van der Waals surface area (Å²) in [5.74, 6) is -0.0591. The second-order valence-corrected chi connectivity index (χ2v) is 3.58. The van der Waals surface area contributed by atoms with Gasteiger partial charge in [0, 0.05) is 11.1 Å². The lowest BCUT2D eigenvalue weighted by atomic mass is 9.99. The summed E-state index contributed by atoms with van der Waals surface area (Å²) in [6.07, 6.45) is 0. The molecule has 86 valence electrons. The van der Waals surface area contributed by atoms with Crippen molar-refractivity contribution in [3.05, 3.63) is 28.8 Å². The largest absolute Gasteiger partial charge is 0.507 e. The van der Waals surface area contributed by atoms with Gasteiger partial charge in [0.15, 0.2) is 0 Å². The highest BCUT2D eigenvalue weighted by atomic mass is 16.4. The smallest absolute Gasteiger partial charge is 0.133 e. The van der Waals surface area contributed by atoms with Crippen molar-refractivity contribution in [3.63, 3.8) is 0 Å². The van der Waals surface area contributed by atoms with Gasteiger partial charge in [-0.15, -0.1) is 0 Å². The van der Waals surface area contributed by atoms with Crippen LogP contribution in [-0.4, -0.2) is 26.9 Å². The molecule has 0 atom stereocenters. The molecular weight excluding hydrogens is 208 g/mol. The van der Waals surface area contributed by atoms with E-state index in [9.17, 15) is 5.11 Å². The molecule has 0 unspecified atom stereocenters. The van der Waals surface area contributed by atoms with Crippen molar-refractivity contribution in [1.82, 2.24) is 0 Å². The van der Waals surface area contributed by atoms with Crippen molar-refractivity contribution in [3.8, 4) is 5.75 Å². The summed E-state index contributed by atoms with van der Waals surface area (Å²) in [6, 6.07) is 3.39. The van der Waals surface area contributed by atoms with Gasteiger partial charge in [-0.1, -0.05) is 10.3 Å². The number of hydrogen-bond acceptors (Lipinski definition) is 5. The van der Waals surface area contributed by atoms with E-state index in [0.717, 1.165) is 5.56 Å². The van der Waals surface area contributed by atoms with Crippen molar-refractivity contribution >= 4 is 11.4 Å². The van der Waals surface area contributed by atoms with E-state index in [1.807, 2.05) is 6.92 Å². The number of aromatic hydroxyl groups is 1. The van der Waals surface area contributed by atoms with Gasteiger partial charge in [-0.05, 0) is 38.5 Å². The molecule has 3 N–H and O–H groups in total. The third-order valence-electron chi connectivity index (χ3n) is 2.33. The molecule has 0 aliphatic rings. The van der Waals surface area contributed by atoms with Crippen LogP contribution in [0, 0.1) is 6.92 Å². The van der Waals surface area contributed by atoms with Gasteiger partial charge >= 0.3 is 0 Å². The standard InChI is InChI=1S/C11H14N2O3/c1-6-4-9(7(2)12-15)11(14)10(5-6)8(3)13-16/h4-5,14-16H,1-3H3/b12-7+,13-8+. The Morgan fingerprint density at radius 3 is 1.69 bits per heavy atom. The average Bonchev–Trinajstić information content (AvgIpc) is 2.29. The summed E-state index contributed by atoms with van der Waals surface area (Å²) in [6.45, 7) is 4.98. The minimum absolute atomic E-state index is 0.0591. The Morgan fingerprint density at radius 1 is 1.00 bits per heavy atom. The van der Waals surface area contributed by atoms with Gasteiger partial charge in [0.05, 0.1) is 11.4 Å². The number of hydrogen-bond donors (Lipinski definition) is 3. The molecule has 0 saturated heterocycles. The zero-order chi connectivity index (χ0) is 12.3. The van der Waals surface area contributed by atoms with Gasteiger partial charge in [-0.25, -0.2) is 0 Å². The molecule has 0 heterocycles. The minimum Gasteiger partial charge on any atom is -0.507 e. The van der Waals surface area contributed by atoms with Gasteiger partial charge in [0.25, 0.3) is 0 Å². The van der Waals surface area contributed by atoms with Gasteiger partial charge in [0.1, 0.15) is 5.75 Å². The fraction of sp³-hybridized carbons (Fsp3) is 0.273. The quantitative estimate of drug-likeness (QED) is 0.407. The molecular formula is C11H14N2O3. The molecule has 1 rings (SSSR count). The highest BCUT2D eigenvalue weighted by Gasteiger charge is 2.13. The van der Waals surface area contributed by atoms with Crippen molar-refractivity contribution in [1.29, 1.82) is 0 Å². The molecule has 0 saturated carbocycles. The van der Waals surface area contributed by atoms with Crippen LogP contribution >= 0.6 is 0 Å². The molecule has 0 amide bonds. The highest BCUT2D eigenvalue weighted by Crippen LogP contribution is 2.25. The predicted molar refractivity (Wildman–Crippen MR) is 60.8 cm³/mol. The third-order valence-corrected chi connectivity index (χ3v) is 2.33. The molecule has 5 nitrogen and oxygen atoms in total. The Hall–Kier alpha value is -2.04. The van der Waals surface area contributed by atoms with E-state index in [4.69, 9.17) is 10.4 Å². The van der Waals surface area contributed by atoms with Crippen LogP contribution in [0.15, 0.2) is 22.4 Å². The molecule has 16 heavy (non-hydrogen) atoms. The third kappa shape index (κ3) is 2.13. The molecule has 0 radical (unpaired) electrons. The monoisotopic (exact) mass is 222 g/mol. The Morgan fingerprint density at radius 2 is 1.38 bits per heavy atom. The lowest BCUT2D eigenvalue weighted by Crippen LogP contribution is -2.03. The van der Waals surface area contributed by atoms with Crippen LogP contribution in [0.3, 0.4) is 0 Å². The Bertz CT molecular complexity index is 425. The zero-order valence-corrected chi connectivity index (χ0v) is 9.39. The topological polar surface area (TPSA) is 85.4 Å². The summed E-state index contributed by atoms with van der Waals surface area (Å²) in [5.41, 5.74) is 2.30. The summed E-state index contributed by atoms with van der Waals surface area (Å²) in [7, 11) is 0. The Labute approximate surface area is 93.3 Å². The average molecular weight is 222 g/mol. The van der Waals surface area contributed by atoms with E-state index in [1.54, 1.807) is 26.0 Å². The summed E-state index contributed by atoms with van der Waals surface area (Å²) >= 11 is 0. The Kier molecular flexibility index (Phi) is 3.50. The molecule has 5 heteroatoms. The normalized spacial score (nSPS) is 12.9. The first-order valence-corrected chi connectivity index (χ1v) is 4.73. The van der Waals surface area contributed by atoms with Crippen molar-refractivity contribution in [2.45, 2.75) is 20.8 Å². The van der Waals surface area contributed by atoms with E-state index in [1.165, 1.54) is 0 Å². The molecule has 1 aromatic carbocycles. The van der Waals surface area contributed by atoms with Gasteiger partial charge in [-0.2, -0.15) is 0 Å². The van der Waals surface area contributed by atoms with Crippen LogP contribution in [-0.2, 0) is 0 Å². The SMILES string of the molecule is C/C(=N\O)c1cc(C)cc(/C(C)=N/O)c1O. The number of phenolic OH excluding ortho intramolecular Hbond substituents is 1. The first-order chi connectivity index (χ1) is 7.51. The van der Waals surface area contributed by atoms with E-state index in [-0.39, 0.29) is 5.75 Å². The van der Waals surface area contributed by atoms with Gasteiger partial charge in [0.2, 0.25) is 0 Å². The Balaban J connectivity index is 3.50. The predicted octanol–water partition coefficient (Wildman–Crippen LogP) is 2.10. The van der Waals surface area contributed by atoms with Gasteiger partial charge < -0.3 is 15.5 Å². The zero-order valence-electron chi connectivity index (χ0n) is 9.39. The molecule has 1 aromatic rings. The van der Waals surface area contributed by atoms with Crippen LogP contribution in [0.25, 0.3) is 0 Å². The number of phenols is 1. The molecule has 0 aliphatic carbocycles. The second-order valence-electron chi connectivity index (χ2n) is 3.58. The first kappa shape index (κ1) is 12.0. The molecule has 0 aromatic heterocycles. The van der Waals surface area contributed by atoms with Crippen LogP contribution < -0.4 is 0 Å². The van der Waals surface area contributed by atoms with E-state index >= 15 is 0 Å². The number of benzene rings is 1. The first-order valence-electron chi connectivity index (χ1n) is 4.73. The maximum atomic E-state index is 9.93. The maximum Gasteiger partial charge on any atom is 0.133 e. The molecule has 0 spiro atoms. The fourth-order valence-corrected chi connectivity index (χ4v) is 1.44. The van der Waals surface area contributed by atoms with Crippen LogP contribution in [0.2, 0.25) is 0 Å². The number of oxime groups is 2. The van der Waals surface area contributed by atoms with E-state index in [2.05, 4.69) is 10.3 Å². The summed E-state index contributed by atoms with van der Waals surface area (Å²) in [4.78, 5) is 0. The van der Waals surface area contributed by atoms with Crippen molar-refractivity contribution in [2.75, 3.05) is 0 Å². The molecule has 0 bridgehead atoms.